The zero-order valence-electron chi connectivity index (χ0n) is 14.4. The molecule has 28 heavy (non-hydrogen) atoms. The number of hydrogen-bond acceptors (Lipinski definition) is 10. The van der Waals surface area contributed by atoms with Crippen LogP contribution in [0.1, 0.15) is 5.56 Å². The lowest BCUT2D eigenvalue weighted by Gasteiger charge is -2.14. The normalized spacial score (nSPS) is 17.9. The van der Waals surface area contributed by atoms with Gasteiger partial charge in [0.05, 0.1) is 13.2 Å². The van der Waals surface area contributed by atoms with Crippen molar-refractivity contribution in [1.29, 1.82) is 0 Å². The summed E-state index contributed by atoms with van der Waals surface area (Å²) in [5, 5.41) is 0. The first-order valence-electron chi connectivity index (χ1n) is 6.81. The number of aromatic amines is 2. The Bertz CT molecular complexity index is 846. The lowest BCUT2D eigenvalue weighted by molar-refractivity contribution is 0.0692. The molecule has 1 aliphatic rings. The van der Waals surface area contributed by atoms with E-state index in [0.717, 1.165) is 13.2 Å². The van der Waals surface area contributed by atoms with E-state index in [1.165, 1.54) is 6.20 Å². The molecular formula is C9H19N2O14P3. The minimum Gasteiger partial charge on any atom is -0.353 e. The number of phosphoric acid groups is 3. The van der Waals surface area contributed by atoms with E-state index in [1.807, 2.05) is 0 Å². The summed E-state index contributed by atoms with van der Waals surface area (Å²) in [5.41, 5.74) is -0.293. The van der Waals surface area contributed by atoms with Crippen LogP contribution in [0.3, 0.4) is 0 Å². The fourth-order valence-corrected chi connectivity index (χ4v) is 3.86. The van der Waals surface area contributed by atoms with Crippen molar-refractivity contribution in [2.45, 2.75) is 6.92 Å². The number of aromatic nitrogens is 2. The molecule has 0 spiro atoms. The van der Waals surface area contributed by atoms with Crippen molar-refractivity contribution in [3.05, 3.63) is 32.6 Å². The van der Waals surface area contributed by atoms with Gasteiger partial charge in [-0.05, 0) is 6.92 Å². The predicted molar refractivity (Wildman–Crippen MR) is 90.1 cm³/mol. The molecule has 0 aromatic carbocycles. The van der Waals surface area contributed by atoms with Crippen LogP contribution in [0.4, 0.5) is 0 Å². The first-order valence-corrected chi connectivity index (χ1v) is 11.3. The van der Waals surface area contributed by atoms with Gasteiger partial charge >= 0.3 is 29.2 Å². The highest BCUT2D eigenvalue weighted by Gasteiger charge is 2.39. The van der Waals surface area contributed by atoms with Crippen LogP contribution in [-0.4, -0.2) is 56.7 Å². The fraction of sp³-hybridized carbons (Fsp3) is 0.556. The van der Waals surface area contributed by atoms with Gasteiger partial charge in [0.1, 0.15) is 6.79 Å². The lowest BCUT2D eigenvalue weighted by Crippen LogP contribution is -2.22. The van der Waals surface area contributed by atoms with Crippen LogP contribution in [0, 0.1) is 6.92 Å². The maximum absolute atomic E-state index is 10.6. The van der Waals surface area contributed by atoms with Gasteiger partial charge in [0, 0.05) is 18.9 Å². The molecule has 2 rings (SSSR count). The van der Waals surface area contributed by atoms with E-state index in [9.17, 15) is 23.3 Å². The van der Waals surface area contributed by atoms with Crippen LogP contribution in [0.25, 0.3) is 0 Å². The number of nitrogens with one attached hydrogen (secondary N) is 2. The second-order valence-electron chi connectivity index (χ2n) is 4.46. The zero-order chi connectivity index (χ0) is 22.0. The molecule has 1 fully saturated rings. The van der Waals surface area contributed by atoms with E-state index in [0.29, 0.717) is 19.5 Å². The second kappa shape index (κ2) is 11.9. The summed E-state index contributed by atoms with van der Waals surface area (Å²) < 4.78 is 51.0. The Morgan fingerprint density at radius 3 is 1.86 bits per heavy atom. The van der Waals surface area contributed by atoms with Gasteiger partial charge in [-0.1, -0.05) is 0 Å². The third kappa shape index (κ3) is 14.1. The van der Waals surface area contributed by atoms with E-state index < -0.39 is 29.2 Å². The summed E-state index contributed by atoms with van der Waals surface area (Å²) in [6.07, 6.45) is 1.38. The molecule has 0 bridgehead atoms. The summed E-state index contributed by atoms with van der Waals surface area (Å²) in [6.45, 7) is 3.68. The van der Waals surface area contributed by atoms with Crippen LogP contribution < -0.4 is 11.2 Å². The van der Waals surface area contributed by atoms with Crippen LogP contribution in [0.15, 0.2) is 15.8 Å². The molecule has 2 atom stereocenters. The summed E-state index contributed by atoms with van der Waals surface area (Å²) in [5.74, 6) is 0. The van der Waals surface area contributed by atoms with Crippen LogP contribution >= 0.6 is 23.5 Å². The average molecular weight is 472 g/mol. The Labute approximate surface area is 156 Å². The maximum atomic E-state index is 10.6. The molecule has 6 N–H and O–H groups in total. The first-order chi connectivity index (χ1) is 12.7. The Balaban J connectivity index is 0.000000437. The van der Waals surface area contributed by atoms with Crippen molar-refractivity contribution in [2.24, 2.45) is 0 Å². The highest BCUT2D eigenvalue weighted by atomic mass is 31.3. The van der Waals surface area contributed by atoms with Crippen LogP contribution in [0.5, 0.6) is 0 Å². The number of H-pyrrole nitrogens is 2. The standard InChI is InChI=1S/C5H6N2O2.C3H6O2.CH7O10P3/c1-3-2-6-5(9)7-4(3)8;1-2-5-3-4-1;1-9-13(5,6)11-14(7,8)10-12(2,3)4/h2H,1H3,(H2,6,7,8,9);1-3H2;1H3,(H,5,6)(H,7,8)(H2,2,3,4). The van der Waals surface area contributed by atoms with E-state index in [4.69, 9.17) is 29.0 Å². The Kier molecular flexibility index (Phi) is 11.5. The molecule has 16 nitrogen and oxygen atoms in total. The largest absolute Gasteiger partial charge is 0.490 e. The van der Waals surface area contributed by atoms with Gasteiger partial charge in [-0.25, -0.2) is 18.5 Å². The van der Waals surface area contributed by atoms with E-state index in [-0.39, 0.29) is 5.56 Å². The average Bonchev–Trinajstić information content (AvgIpc) is 3.08. The Morgan fingerprint density at radius 1 is 1.00 bits per heavy atom. The Morgan fingerprint density at radius 2 is 1.54 bits per heavy atom. The number of phosphoric ester groups is 1. The molecule has 0 saturated carbocycles. The summed E-state index contributed by atoms with van der Waals surface area (Å²) in [6, 6.07) is 0. The second-order valence-corrected chi connectivity index (χ2v) is 8.99. The zero-order valence-corrected chi connectivity index (χ0v) is 17.1. The summed E-state index contributed by atoms with van der Waals surface area (Å²) in [7, 11) is -14.8. The van der Waals surface area contributed by atoms with Crippen molar-refractivity contribution in [2.75, 3.05) is 27.1 Å². The number of hydrogen-bond donors (Lipinski definition) is 6. The lowest BCUT2D eigenvalue weighted by atomic mass is 10.4. The molecule has 0 amide bonds. The highest BCUT2D eigenvalue weighted by Crippen LogP contribution is 2.65. The molecule has 0 aliphatic carbocycles. The van der Waals surface area contributed by atoms with E-state index >= 15 is 0 Å². The molecule has 2 heterocycles. The topological polar surface area (TPSA) is 244 Å². The van der Waals surface area contributed by atoms with E-state index in [1.54, 1.807) is 6.92 Å². The summed E-state index contributed by atoms with van der Waals surface area (Å²) >= 11 is 0. The molecule has 1 aliphatic heterocycles. The number of rotatable bonds is 5. The van der Waals surface area contributed by atoms with Gasteiger partial charge in [0.2, 0.25) is 0 Å². The smallest absolute Gasteiger partial charge is 0.353 e. The molecule has 164 valence electrons. The van der Waals surface area contributed by atoms with Gasteiger partial charge in [0.15, 0.2) is 0 Å². The first kappa shape index (κ1) is 27.0. The molecule has 19 heteroatoms. The number of ether oxygens (including phenoxy) is 2. The third-order valence-electron chi connectivity index (χ3n) is 2.19. The van der Waals surface area contributed by atoms with Crippen molar-refractivity contribution < 1.29 is 55.9 Å². The minimum atomic E-state index is -5.35. The van der Waals surface area contributed by atoms with Crippen molar-refractivity contribution >= 4 is 23.5 Å². The molecule has 1 aromatic rings. The van der Waals surface area contributed by atoms with Crippen molar-refractivity contribution in [1.82, 2.24) is 9.97 Å². The Hall–Kier alpha value is -0.990. The summed E-state index contributed by atoms with van der Waals surface area (Å²) in [4.78, 5) is 58.5. The molecule has 1 aromatic heterocycles. The quantitative estimate of drug-likeness (QED) is 0.291. The van der Waals surface area contributed by atoms with Crippen molar-refractivity contribution in [3.63, 3.8) is 0 Å². The van der Waals surface area contributed by atoms with Gasteiger partial charge in [-0.3, -0.25) is 14.3 Å². The fourth-order valence-electron chi connectivity index (χ4n) is 1.08. The molecular weight excluding hydrogens is 453 g/mol. The SMILES string of the molecule is C1COCO1.COP(=O)(O)OP(=O)(O)OP(=O)(O)O.Cc1c[nH]c(=O)[nH]c1=O. The van der Waals surface area contributed by atoms with E-state index in [2.05, 4.69) is 23.1 Å². The molecule has 0 radical (unpaired) electrons. The van der Waals surface area contributed by atoms with Crippen molar-refractivity contribution in [3.8, 4) is 0 Å². The van der Waals surface area contributed by atoms with Gasteiger partial charge in [0.25, 0.3) is 5.56 Å². The van der Waals surface area contributed by atoms with Gasteiger partial charge < -0.3 is 34.0 Å². The highest BCUT2D eigenvalue weighted by molar-refractivity contribution is 7.66. The molecule has 2 unspecified atom stereocenters. The predicted octanol–water partition coefficient (Wildman–Crippen LogP) is -0.678. The monoisotopic (exact) mass is 472 g/mol. The van der Waals surface area contributed by atoms with Gasteiger partial charge in [-0.15, -0.1) is 0 Å². The van der Waals surface area contributed by atoms with Crippen LogP contribution in [-0.2, 0) is 36.3 Å². The third-order valence-corrected chi connectivity index (χ3v) is 5.98. The van der Waals surface area contributed by atoms with Gasteiger partial charge in [-0.2, -0.15) is 8.62 Å². The minimum absolute atomic E-state index is 0.334. The molecule has 1 saturated heterocycles. The van der Waals surface area contributed by atoms with Crippen LogP contribution in [0.2, 0.25) is 0 Å². The maximum Gasteiger partial charge on any atom is 0.490 e. The number of aryl methyl sites for hydroxylation is 1.